The van der Waals surface area contributed by atoms with E-state index >= 15 is 0 Å². The van der Waals surface area contributed by atoms with Crippen LogP contribution in [0.5, 0.6) is 0 Å². The molecular formula is C17H22N4O3S. The first-order valence-electron chi connectivity index (χ1n) is 8.19. The number of H-pyrrole nitrogens is 1. The van der Waals surface area contributed by atoms with Crippen LogP contribution in [0.4, 0.5) is 5.69 Å². The molecule has 0 spiro atoms. The van der Waals surface area contributed by atoms with Crippen LogP contribution in [0.3, 0.4) is 0 Å². The molecule has 0 saturated carbocycles. The highest BCUT2D eigenvalue weighted by molar-refractivity contribution is 7.92. The number of sulfonamides is 1. The number of nitrogens with one attached hydrogen (secondary N) is 1. The van der Waals surface area contributed by atoms with E-state index in [0.29, 0.717) is 17.8 Å². The number of hydrogen-bond donors (Lipinski definition) is 1. The first-order chi connectivity index (χ1) is 11.9. The molecule has 1 aromatic heterocycles. The van der Waals surface area contributed by atoms with Crippen LogP contribution < -0.4 is 4.31 Å². The van der Waals surface area contributed by atoms with Crippen LogP contribution >= 0.6 is 0 Å². The number of rotatable bonds is 4. The number of aromatic amines is 1. The molecule has 134 valence electrons. The lowest BCUT2D eigenvalue weighted by atomic mass is 9.94. The standard InChI is InChI=1S/C17H22N4O3S/c1-20(25(2,23)24)15-7-5-13(6-8-15)17(22)21-11-3-4-14(12-21)16-9-10-18-19-16/h5-10,14H,3-4,11-12H2,1-2H3,(H,18,19)/t14-/m1/s1. The van der Waals surface area contributed by atoms with Gasteiger partial charge in [-0.3, -0.25) is 14.2 Å². The second kappa shape index (κ2) is 6.87. The van der Waals surface area contributed by atoms with Gasteiger partial charge in [0.15, 0.2) is 0 Å². The van der Waals surface area contributed by atoms with E-state index in [2.05, 4.69) is 10.2 Å². The molecule has 1 aliphatic heterocycles. The maximum Gasteiger partial charge on any atom is 0.253 e. The predicted octanol–water partition coefficient (Wildman–Crippen LogP) is 1.83. The van der Waals surface area contributed by atoms with Gasteiger partial charge in [0.2, 0.25) is 10.0 Å². The van der Waals surface area contributed by atoms with Gasteiger partial charge in [-0.15, -0.1) is 0 Å². The van der Waals surface area contributed by atoms with E-state index in [-0.39, 0.29) is 11.8 Å². The van der Waals surface area contributed by atoms with Gasteiger partial charge >= 0.3 is 0 Å². The van der Waals surface area contributed by atoms with Crippen LogP contribution in [0.1, 0.15) is 34.8 Å². The van der Waals surface area contributed by atoms with E-state index in [1.165, 1.54) is 11.4 Å². The summed E-state index contributed by atoms with van der Waals surface area (Å²) in [5.41, 5.74) is 2.16. The summed E-state index contributed by atoms with van der Waals surface area (Å²) in [5.74, 6) is 0.244. The Bertz CT molecular complexity index is 831. The van der Waals surface area contributed by atoms with E-state index in [0.717, 1.165) is 31.3 Å². The molecule has 8 heteroatoms. The molecule has 1 amide bonds. The Kier molecular flexibility index (Phi) is 4.80. The molecule has 1 fully saturated rings. The normalized spacial score (nSPS) is 18.2. The maximum atomic E-state index is 12.8. The molecule has 2 aromatic rings. The lowest BCUT2D eigenvalue weighted by molar-refractivity contribution is 0.0706. The lowest BCUT2D eigenvalue weighted by Gasteiger charge is -2.32. The number of anilines is 1. The molecule has 1 N–H and O–H groups in total. The summed E-state index contributed by atoms with van der Waals surface area (Å²) in [5, 5.41) is 6.98. The van der Waals surface area contributed by atoms with Crippen molar-refractivity contribution in [2.45, 2.75) is 18.8 Å². The van der Waals surface area contributed by atoms with Gasteiger partial charge in [0.25, 0.3) is 5.91 Å². The van der Waals surface area contributed by atoms with Gasteiger partial charge < -0.3 is 4.90 Å². The molecule has 0 bridgehead atoms. The molecule has 2 heterocycles. The monoisotopic (exact) mass is 362 g/mol. The van der Waals surface area contributed by atoms with E-state index < -0.39 is 10.0 Å². The molecule has 7 nitrogen and oxygen atoms in total. The molecule has 1 saturated heterocycles. The molecule has 0 unspecified atom stereocenters. The van der Waals surface area contributed by atoms with Crippen LogP contribution in [0.2, 0.25) is 0 Å². The number of hydrogen-bond acceptors (Lipinski definition) is 4. The second-order valence-corrected chi connectivity index (χ2v) is 8.39. The Balaban J connectivity index is 1.72. The van der Waals surface area contributed by atoms with Crippen molar-refractivity contribution in [1.29, 1.82) is 0 Å². The Morgan fingerprint density at radius 3 is 2.60 bits per heavy atom. The quantitative estimate of drug-likeness (QED) is 0.899. The Hall–Kier alpha value is -2.35. The summed E-state index contributed by atoms with van der Waals surface area (Å²) in [6.45, 7) is 1.39. The molecule has 1 aromatic carbocycles. The molecule has 3 rings (SSSR count). The maximum absolute atomic E-state index is 12.8. The zero-order chi connectivity index (χ0) is 18.0. The Morgan fingerprint density at radius 2 is 2.00 bits per heavy atom. The fourth-order valence-electron chi connectivity index (χ4n) is 3.10. The van der Waals surface area contributed by atoms with Crippen LogP contribution in [-0.2, 0) is 10.0 Å². The SMILES string of the molecule is CN(c1ccc(C(=O)N2CCC[C@@H](c3ccn[nH]3)C2)cc1)S(C)(=O)=O. The first-order valence-corrected chi connectivity index (χ1v) is 10.0. The van der Waals surface area contributed by atoms with Crippen molar-refractivity contribution in [3.8, 4) is 0 Å². The highest BCUT2D eigenvalue weighted by Crippen LogP contribution is 2.26. The predicted molar refractivity (Wildman–Crippen MR) is 96.2 cm³/mol. The third-order valence-electron chi connectivity index (χ3n) is 4.65. The molecule has 1 atom stereocenters. The van der Waals surface area contributed by atoms with Gasteiger partial charge in [0.05, 0.1) is 11.9 Å². The largest absolute Gasteiger partial charge is 0.338 e. The minimum atomic E-state index is -3.31. The number of likely N-dealkylation sites (tertiary alicyclic amines) is 1. The van der Waals surface area contributed by atoms with E-state index in [9.17, 15) is 13.2 Å². The Labute approximate surface area is 147 Å². The van der Waals surface area contributed by atoms with Crippen molar-refractivity contribution >= 4 is 21.6 Å². The topological polar surface area (TPSA) is 86.4 Å². The fourth-order valence-corrected chi connectivity index (χ4v) is 3.60. The average Bonchev–Trinajstić information content (AvgIpc) is 3.15. The van der Waals surface area contributed by atoms with E-state index in [4.69, 9.17) is 0 Å². The van der Waals surface area contributed by atoms with Crippen LogP contribution in [0.25, 0.3) is 0 Å². The number of carbonyl (C=O) groups excluding carboxylic acids is 1. The zero-order valence-corrected chi connectivity index (χ0v) is 15.2. The van der Waals surface area contributed by atoms with Crippen molar-refractivity contribution in [2.75, 3.05) is 30.7 Å². The molecule has 0 radical (unpaired) electrons. The number of aromatic nitrogens is 2. The van der Waals surface area contributed by atoms with Crippen molar-refractivity contribution in [3.63, 3.8) is 0 Å². The van der Waals surface area contributed by atoms with Crippen molar-refractivity contribution in [3.05, 3.63) is 47.8 Å². The number of carbonyl (C=O) groups is 1. The van der Waals surface area contributed by atoms with E-state index in [1.54, 1.807) is 30.5 Å². The second-order valence-electron chi connectivity index (χ2n) is 6.38. The summed E-state index contributed by atoms with van der Waals surface area (Å²) in [6, 6.07) is 8.63. The summed E-state index contributed by atoms with van der Waals surface area (Å²) in [4.78, 5) is 14.6. The van der Waals surface area contributed by atoms with Crippen LogP contribution in [0.15, 0.2) is 36.5 Å². The van der Waals surface area contributed by atoms with Gasteiger partial charge in [-0.25, -0.2) is 8.42 Å². The third kappa shape index (κ3) is 3.84. The van der Waals surface area contributed by atoms with Gasteiger partial charge in [-0.1, -0.05) is 0 Å². The third-order valence-corrected chi connectivity index (χ3v) is 5.85. The minimum absolute atomic E-state index is 0.0298. The number of piperidine rings is 1. The lowest BCUT2D eigenvalue weighted by Crippen LogP contribution is -2.39. The van der Waals surface area contributed by atoms with Crippen molar-refractivity contribution in [2.24, 2.45) is 0 Å². The van der Waals surface area contributed by atoms with E-state index in [1.807, 2.05) is 11.0 Å². The summed E-state index contributed by atoms with van der Waals surface area (Å²) in [7, 11) is -1.82. The van der Waals surface area contributed by atoms with Gasteiger partial charge in [0.1, 0.15) is 0 Å². The van der Waals surface area contributed by atoms with Gasteiger partial charge in [-0.05, 0) is 43.2 Å². The molecular weight excluding hydrogens is 340 g/mol. The summed E-state index contributed by atoms with van der Waals surface area (Å²) < 4.78 is 24.4. The summed E-state index contributed by atoms with van der Waals surface area (Å²) in [6.07, 6.45) is 4.86. The smallest absolute Gasteiger partial charge is 0.253 e. The molecule has 1 aliphatic rings. The number of amides is 1. The number of benzene rings is 1. The molecule has 25 heavy (non-hydrogen) atoms. The highest BCUT2D eigenvalue weighted by atomic mass is 32.2. The summed E-state index contributed by atoms with van der Waals surface area (Å²) >= 11 is 0. The molecule has 0 aliphatic carbocycles. The fraction of sp³-hybridized carbons (Fsp3) is 0.412. The average molecular weight is 362 g/mol. The van der Waals surface area contributed by atoms with Gasteiger partial charge in [0, 0.05) is 43.5 Å². The minimum Gasteiger partial charge on any atom is -0.338 e. The van der Waals surface area contributed by atoms with Crippen LogP contribution in [0, 0.1) is 0 Å². The number of nitrogens with zero attached hydrogens (tertiary/aromatic N) is 3. The first kappa shape index (κ1) is 17.5. The van der Waals surface area contributed by atoms with Gasteiger partial charge in [-0.2, -0.15) is 5.10 Å². The highest BCUT2D eigenvalue weighted by Gasteiger charge is 2.26. The van der Waals surface area contributed by atoms with Crippen molar-refractivity contribution < 1.29 is 13.2 Å². The van der Waals surface area contributed by atoms with Crippen molar-refractivity contribution in [1.82, 2.24) is 15.1 Å². The zero-order valence-electron chi connectivity index (χ0n) is 14.3. The Morgan fingerprint density at radius 1 is 1.28 bits per heavy atom. The van der Waals surface area contributed by atoms with Crippen LogP contribution in [-0.4, -0.2) is 55.8 Å².